The fourth-order valence-electron chi connectivity index (χ4n) is 0.983. The van der Waals surface area contributed by atoms with Crippen LogP contribution in [0.3, 0.4) is 0 Å². The number of hydrogen-bond donors (Lipinski definition) is 1. The summed E-state index contributed by atoms with van der Waals surface area (Å²) in [7, 11) is 0. The lowest BCUT2D eigenvalue weighted by atomic mass is 10.3. The molecule has 14 heavy (non-hydrogen) atoms. The Balaban J connectivity index is 2.53. The summed E-state index contributed by atoms with van der Waals surface area (Å²) in [5.74, 6) is 0.885. The molecule has 0 saturated carbocycles. The first-order valence-corrected chi connectivity index (χ1v) is 4.62. The molecule has 0 aromatic carbocycles. The van der Waals surface area contributed by atoms with Crippen LogP contribution >= 0.6 is 15.9 Å². The zero-order chi connectivity index (χ0) is 9.97. The zero-order valence-electron chi connectivity index (χ0n) is 7.05. The first-order valence-electron chi connectivity index (χ1n) is 3.83. The summed E-state index contributed by atoms with van der Waals surface area (Å²) in [4.78, 5) is 16.0. The number of rotatable bonds is 1. The normalized spacial score (nSPS) is 10.1. The molecule has 2 heterocycles. The molecular formula is C8H6BrN5. The van der Waals surface area contributed by atoms with E-state index in [4.69, 9.17) is 5.73 Å². The van der Waals surface area contributed by atoms with E-state index in [-0.39, 0.29) is 0 Å². The minimum absolute atomic E-state index is 0.359. The molecule has 2 N–H and O–H groups in total. The van der Waals surface area contributed by atoms with E-state index in [0.717, 1.165) is 0 Å². The van der Waals surface area contributed by atoms with Crippen LogP contribution in [-0.2, 0) is 0 Å². The molecule has 6 heteroatoms. The third kappa shape index (κ3) is 1.69. The van der Waals surface area contributed by atoms with Gasteiger partial charge in [-0.15, -0.1) is 0 Å². The minimum Gasteiger partial charge on any atom is -0.383 e. The van der Waals surface area contributed by atoms with E-state index in [9.17, 15) is 0 Å². The number of nitrogens with two attached hydrogens (primary N) is 1. The second-order valence-corrected chi connectivity index (χ2v) is 3.22. The summed E-state index contributed by atoms with van der Waals surface area (Å²) in [6.07, 6.45) is 4.87. The van der Waals surface area contributed by atoms with Crippen LogP contribution in [0.1, 0.15) is 0 Å². The van der Waals surface area contributed by atoms with Crippen LogP contribution in [0.2, 0.25) is 0 Å². The lowest BCUT2D eigenvalue weighted by Gasteiger charge is -2.01. The Labute approximate surface area is 88.6 Å². The molecule has 0 aliphatic rings. The van der Waals surface area contributed by atoms with Crippen molar-refractivity contribution in [3.63, 3.8) is 0 Å². The van der Waals surface area contributed by atoms with Gasteiger partial charge in [-0.2, -0.15) is 0 Å². The van der Waals surface area contributed by atoms with Gasteiger partial charge in [0.15, 0.2) is 10.6 Å². The van der Waals surface area contributed by atoms with Gasteiger partial charge < -0.3 is 5.73 Å². The molecular weight excluding hydrogens is 246 g/mol. The molecule has 2 aromatic heterocycles. The SMILES string of the molecule is Nc1nc(Br)ncc1-c1ncccn1. The molecule has 0 radical (unpaired) electrons. The molecule has 0 spiro atoms. The van der Waals surface area contributed by atoms with E-state index >= 15 is 0 Å². The van der Waals surface area contributed by atoms with Crippen molar-refractivity contribution >= 4 is 21.7 Å². The van der Waals surface area contributed by atoms with Crippen LogP contribution in [0.4, 0.5) is 5.82 Å². The van der Waals surface area contributed by atoms with Crippen molar-refractivity contribution in [2.75, 3.05) is 5.73 Å². The molecule has 0 bridgehead atoms. The quantitative estimate of drug-likeness (QED) is 0.773. The predicted molar refractivity (Wildman–Crippen MR) is 55.2 cm³/mol. The zero-order valence-corrected chi connectivity index (χ0v) is 8.64. The van der Waals surface area contributed by atoms with E-state index in [1.807, 2.05) is 0 Å². The summed E-state index contributed by atoms with van der Waals surface area (Å²) >= 11 is 3.13. The smallest absolute Gasteiger partial charge is 0.198 e. The topological polar surface area (TPSA) is 77.6 Å². The lowest BCUT2D eigenvalue weighted by Crippen LogP contribution is -1.98. The predicted octanol–water partition coefficient (Wildman–Crippen LogP) is 1.28. The fourth-order valence-corrected chi connectivity index (χ4v) is 1.28. The fraction of sp³-hybridized carbons (Fsp3) is 0. The van der Waals surface area contributed by atoms with Gasteiger partial charge in [-0.3, -0.25) is 0 Å². The number of hydrogen-bond acceptors (Lipinski definition) is 5. The van der Waals surface area contributed by atoms with Gasteiger partial charge in [-0.25, -0.2) is 19.9 Å². The van der Waals surface area contributed by atoms with E-state index < -0.39 is 0 Å². The molecule has 0 fully saturated rings. The van der Waals surface area contributed by atoms with Gasteiger partial charge in [0.1, 0.15) is 5.82 Å². The highest BCUT2D eigenvalue weighted by Gasteiger charge is 2.06. The van der Waals surface area contributed by atoms with Crippen molar-refractivity contribution in [2.45, 2.75) is 0 Å². The Bertz CT molecular complexity index is 445. The number of nitrogen functional groups attached to an aromatic ring is 1. The lowest BCUT2D eigenvalue weighted by molar-refractivity contribution is 1.09. The van der Waals surface area contributed by atoms with Crippen molar-refractivity contribution < 1.29 is 0 Å². The first kappa shape index (κ1) is 9.01. The minimum atomic E-state index is 0.359. The van der Waals surface area contributed by atoms with Gasteiger partial charge in [0.05, 0.1) is 5.56 Å². The summed E-state index contributed by atoms with van der Waals surface area (Å²) in [6.45, 7) is 0. The molecule has 2 rings (SSSR count). The van der Waals surface area contributed by atoms with Crippen LogP contribution < -0.4 is 5.73 Å². The largest absolute Gasteiger partial charge is 0.383 e. The third-order valence-corrected chi connectivity index (χ3v) is 1.98. The van der Waals surface area contributed by atoms with Crippen molar-refractivity contribution in [3.8, 4) is 11.4 Å². The van der Waals surface area contributed by atoms with Gasteiger partial charge in [0.25, 0.3) is 0 Å². The molecule has 0 atom stereocenters. The van der Waals surface area contributed by atoms with Gasteiger partial charge in [-0.1, -0.05) is 0 Å². The van der Waals surface area contributed by atoms with E-state index in [1.54, 1.807) is 24.7 Å². The van der Waals surface area contributed by atoms with Crippen LogP contribution in [0.15, 0.2) is 29.4 Å². The average Bonchev–Trinajstić information content (AvgIpc) is 2.19. The number of halogens is 1. The molecule has 5 nitrogen and oxygen atoms in total. The second-order valence-electron chi connectivity index (χ2n) is 2.51. The van der Waals surface area contributed by atoms with Crippen molar-refractivity contribution in [2.24, 2.45) is 0 Å². The monoisotopic (exact) mass is 251 g/mol. The highest BCUT2D eigenvalue weighted by molar-refractivity contribution is 9.10. The summed E-state index contributed by atoms with van der Waals surface area (Å²) in [5, 5.41) is 0. The molecule has 70 valence electrons. The third-order valence-electron chi connectivity index (χ3n) is 1.60. The molecule has 0 saturated heterocycles. The van der Waals surface area contributed by atoms with Gasteiger partial charge in [-0.05, 0) is 22.0 Å². The Morgan fingerprint density at radius 2 is 1.86 bits per heavy atom. The Hall–Kier alpha value is -1.56. The summed E-state index contributed by atoms with van der Waals surface area (Å²) in [6, 6.07) is 1.74. The van der Waals surface area contributed by atoms with Crippen molar-refractivity contribution in [3.05, 3.63) is 29.4 Å². The summed E-state index contributed by atoms with van der Waals surface area (Å²) < 4.78 is 0.453. The molecule has 0 aliphatic heterocycles. The molecule has 0 amide bonds. The van der Waals surface area contributed by atoms with E-state index in [1.165, 1.54) is 0 Å². The Morgan fingerprint density at radius 1 is 1.14 bits per heavy atom. The van der Waals surface area contributed by atoms with Gasteiger partial charge in [0, 0.05) is 18.6 Å². The first-order chi connectivity index (χ1) is 6.77. The maximum Gasteiger partial charge on any atom is 0.198 e. The second kappa shape index (κ2) is 3.67. The van der Waals surface area contributed by atoms with E-state index in [2.05, 4.69) is 35.9 Å². The summed E-state index contributed by atoms with van der Waals surface area (Å²) in [5.41, 5.74) is 6.33. The molecule has 0 aliphatic carbocycles. The van der Waals surface area contributed by atoms with E-state index in [0.29, 0.717) is 21.9 Å². The Morgan fingerprint density at radius 3 is 2.50 bits per heavy atom. The van der Waals surface area contributed by atoms with Gasteiger partial charge in [0.2, 0.25) is 0 Å². The van der Waals surface area contributed by atoms with Crippen LogP contribution in [0.5, 0.6) is 0 Å². The maximum atomic E-state index is 5.69. The van der Waals surface area contributed by atoms with Crippen LogP contribution in [-0.4, -0.2) is 19.9 Å². The maximum absolute atomic E-state index is 5.69. The Kier molecular flexibility index (Phi) is 2.36. The molecule has 2 aromatic rings. The molecule has 0 unspecified atom stereocenters. The van der Waals surface area contributed by atoms with Crippen molar-refractivity contribution in [1.82, 2.24) is 19.9 Å². The number of nitrogens with zero attached hydrogens (tertiary/aromatic N) is 4. The van der Waals surface area contributed by atoms with Crippen LogP contribution in [0.25, 0.3) is 11.4 Å². The number of aromatic nitrogens is 4. The number of anilines is 1. The highest BCUT2D eigenvalue weighted by atomic mass is 79.9. The van der Waals surface area contributed by atoms with Gasteiger partial charge >= 0.3 is 0 Å². The van der Waals surface area contributed by atoms with Crippen LogP contribution in [0, 0.1) is 0 Å². The average molecular weight is 252 g/mol. The standard InChI is InChI=1S/C8H6BrN5/c9-8-13-4-5(6(10)14-8)7-11-2-1-3-12-7/h1-4H,(H2,10,13,14). The highest BCUT2D eigenvalue weighted by Crippen LogP contribution is 2.19. The van der Waals surface area contributed by atoms with Crippen molar-refractivity contribution in [1.29, 1.82) is 0 Å².